The fourth-order valence-corrected chi connectivity index (χ4v) is 1.82. The Morgan fingerprint density at radius 3 is 2.29 bits per heavy atom. The zero-order valence-electron chi connectivity index (χ0n) is 9.61. The molecule has 1 heterocycles. The summed E-state index contributed by atoms with van der Waals surface area (Å²) in [6.07, 6.45) is 1.78. The van der Waals surface area contributed by atoms with Crippen molar-refractivity contribution < 1.29 is 0 Å². The fraction of sp³-hybridized carbons (Fsp3) is 0.154. The van der Waals surface area contributed by atoms with Crippen molar-refractivity contribution in [1.29, 1.82) is 0 Å². The van der Waals surface area contributed by atoms with Gasteiger partial charge in [0.1, 0.15) is 5.82 Å². The lowest BCUT2D eigenvalue weighted by molar-refractivity contribution is 1.07. The van der Waals surface area contributed by atoms with Crippen molar-refractivity contribution in [1.82, 2.24) is 4.98 Å². The Morgan fingerprint density at radius 1 is 0.941 bits per heavy atom. The molecule has 0 bridgehead atoms. The van der Waals surface area contributed by atoms with Gasteiger partial charge in [0.2, 0.25) is 0 Å². The summed E-state index contributed by atoms with van der Waals surface area (Å²) in [6.45, 7) is 0. The molecule has 0 fully saturated rings. The largest absolute Gasteiger partial charge is 0.363 e. The number of hydrogen-bond acceptors (Lipinski definition) is 2. The van der Waals surface area contributed by atoms with Gasteiger partial charge in [-0.2, -0.15) is 0 Å². The Kier molecular flexibility index (Phi) is 3.55. The second-order valence-electron chi connectivity index (χ2n) is 3.93. The van der Waals surface area contributed by atoms with Crippen LogP contribution in [0.15, 0.2) is 36.5 Å². The van der Waals surface area contributed by atoms with Gasteiger partial charge in [0.15, 0.2) is 0 Å². The highest BCUT2D eigenvalue weighted by atomic mass is 35.5. The number of nitrogens with zero attached hydrogens (tertiary/aromatic N) is 2. The Balaban J connectivity index is 2.45. The Bertz CT molecular complexity index is 539. The quantitative estimate of drug-likeness (QED) is 0.813. The molecule has 0 aliphatic rings. The maximum atomic E-state index is 6.01. The molecule has 88 valence electrons. The van der Waals surface area contributed by atoms with E-state index in [4.69, 9.17) is 23.2 Å². The minimum atomic E-state index is 0.562. The average Bonchev–Trinajstić information content (AvgIpc) is 2.33. The summed E-state index contributed by atoms with van der Waals surface area (Å²) in [5, 5.41) is 1.13. The third-order valence-corrected chi connectivity index (χ3v) is 3.20. The van der Waals surface area contributed by atoms with Crippen LogP contribution in [0.1, 0.15) is 0 Å². The van der Waals surface area contributed by atoms with Crippen molar-refractivity contribution in [3.05, 3.63) is 46.6 Å². The van der Waals surface area contributed by atoms with Crippen LogP contribution in [0.25, 0.3) is 11.1 Å². The van der Waals surface area contributed by atoms with Crippen molar-refractivity contribution in [3.63, 3.8) is 0 Å². The van der Waals surface area contributed by atoms with E-state index in [2.05, 4.69) is 4.98 Å². The summed E-state index contributed by atoms with van der Waals surface area (Å²) >= 11 is 11.9. The van der Waals surface area contributed by atoms with Crippen molar-refractivity contribution in [3.8, 4) is 11.1 Å². The number of benzene rings is 1. The van der Waals surface area contributed by atoms with Crippen LogP contribution in [0.4, 0.5) is 5.82 Å². The molecule has 0 aliphatic carbocycles. The van der Waals surface area contributed by atoms with Gasteiger partial charge < -0.3 is 4.90 Å². The van der Waals surface area contributed by atoms with Crippen LogP contribution in [-0.2, 0) is 0 Å². The van der Waals surface area contributed by atoms with Crippen molar-refractivity contribution in [2.45, 2.75) is 0 Å². The lowest BCUT2D eigenvalue weighted by Crippen LogP contribution is -2.10. The van der Waals surface area contributed by atoms with E-state index >= 15 is 0 Å². The van der Waals surface area contributed by atoms with E-state index in [1.807, 2.05) is 43.3 Å². The van der Waals surface area contributed by atoms with E-state index in [0.29, 0.717) is 10.0 Å². The molecule has 0 N–H and O–H groups in total. The van der Waals surface area contributed by atoms with E-state index in [9.17, 15) is 0 Å². The Labute approximate surface area is 111 Å². The van der Waals surface area contributed by atoms with Gasteiger partial charge in [-0.1, -0.05) is 29.3 Å². The summed E-state index contributed by atoms with van der Waals surface area (Å²) in [4.78, 5) is 6.23. The number of anilines is 1. The molecule has 0 saturated carbocycles. The minimum Gasteiger partial charge on any atom is -0.363 e. The molecular weight excluding hydrogens is 255 g/mol. The third-order valence-electron chi connectivity index (χ3n) is 2.46. The zero-order chi connectivity index (χ0) is 12.4. The molecule has 2 rings (SSSR count). The second kappa shape index (κ2) is 4.94. The summed E-state index contributed by atoms with van der Waals surface area (Å²) in [6, 6.07) is 9.57. The molecule has 0 atom stereocenters. The SMILES string of the molecule is CN(C)c1cc(-c2ccc(Cl)c(Cl)c2)ccn1. The van der Waals surface area contributed by atoms with E-state index in [0.717, 1.165) is 16.9 Å². The van der Waals surface area contributed by atoms with Crippen LogP contribution in [0.5, 0.6) is 0 Å². The lowest BCUT2D eigenvalue weighted by atomic mass is 10.1. The van der Waals surface area contributed by atoms with Gasteiger partial charge in [-0.05, 0) is 35.4 Å². The van der Waals surface area contributed by atoms with E-state index in [1.54, 1.807) is 12.3 Å². The lowest BCUT2D eigenvalue weighted by Gasteiger charge is -2.12. The summed E-state index contributed by atoms with van der Waals surface area (Å²) in [7, 11) is 3.92. The van der Waals surface area contributed by atoms with Crippen LogP contribution >= 0.6 is 23.2 Å². The number of rotatable bonds is 2. The second-order valence-corrected chi connectivity index (χ2v) is 4.74. The molecule has 2 aromatic rings. The number of hydrogen-bond donors (Lipinski definition) is 0. The smallest absolute Gasteiger partial charge is 0.128 e. The summed E-state index contributed by atoms with van der Waals surface area (Å²) in [5.74, 6) is 0.911. The van der Waals surface area contributed by atoms with E-state index < -0.39 is 0 Å². The fourth-order valence-electron chi connectivity index (χ4n) is 1.52. The topological polar surface area (TPSA) is 16.1 Å². The van der Waals surface area contributed by atoms with Gasteiger partial charge in [-0.25, -0.2) is 4.98 Å². The van der Waals surface area contributed by atoms with Gasteiger partial charge in [0.05, 0.1) is 10.0 Å². The maximum absolute atomic E-state index is 6.01. The average molecular weight is 267 g/mol. The molecular formula is C13H12Cl2N2. The third kappa shape index (κ3) is 2.71. The highest BCUT2D eigenvalue weighted by molar-refractivity contribution is 6.42. The first kappa shape index (κ1) is 12.2. The van der Waals surface area contributed by atoms with Gasteiger partial charge in [-0.3, -0.25) is 0 Å². The van der Waals surface area contributed by atoms with Crippen molar-refractivity contribution in [2.75, 3.05) is 19.0 Å². The van der Waals surface area contributed by atoms with Gasteiger partial charge in [0.25, 0.3) is 0 Å². The first-order chi connectivity index (χ1) is 8.08. The molecule has 0 unspecified atom stereocenters. The predicted molar refractivity (Wildman–Crippen MR) is 74.0 cm³/mol. The molecule has 1 aromatic heterocycles. The highest BCUT2D eigenvalue weighted by Gasteiger charge is 2.04. The number of pyridine rings is 1. The molecule has 0 saturated heterocycles. The Hall–Kier alpha value is -1.25. The molecule has 0 aliphatic heterocycles. The van der Waals surface area contributed by atoms with Crippen molar-refractivity contribution >= 4 is 29.0 Å². The van der Waals surface area contributed by atoms with Gasteiger partial charge >= 0.3 is 0 Å². The van der Waals surface area contributed by atoms with Crippen LogP contribution in [0, 0.1) is 0 Å². The molecule has 1 aromatic carbocycles. The number of halogens is 2. The summed E-state index contributed by atoms with van der Waals surface area (Å²) in [5.41, 5.74) is 2.10. The predicted octanol–water partition coefficient (Wildman–Crippen LogP) is 4.12. The molecule has 0 spiro atoms. The monoisotopic (exact) mass is 266 g/mol. The Morgan fingerprint density at radius 2 is 1.65 bits per heavy atom. The first-order valence-corrected chi connectivity index (χ1v) is 5.92. The minimum absolute atomic E-state index is 0.562. The standard InChI is InChI=1S/C13H12Cl2N2/c1-17(2)13-8-10(5-6-16-13)9-3-4-11(14)12(15)7-9/h3-8H,1-2H3. The maximum Gasteiger partial charge on any atom is 0.128 e. The van der Waals surface area contributed by atoms with Crippen LogP contribution in [-0.4, -0.2) is 19.1 Å². The van der Waals surface area contributed by atoms with E-state index in [1.165, 1.54) is 0 Å². The van der Waals surface area contributed by atoms with E-state index in [-0.39, 0.29) is 0 Å². The highest BCUT2D eigenvalue weighted by Crippen LogP contribution is 2.29. The summed E-state index contributed by atoms with van der Waals surface area (Å²) < 4.78 is 0. The van der Waals surface area contributed by atoms with Crippen LogP contribution in [0.2, 0.25) is 10.0 Å². The van der Waals surface area contributed by atoms with Gasteiger partial charge in [0, 0.05) is 20.3 Å². The molecule has 4 heteroatoms. The molecule has 17 heavy (non-hydrogen) atoms. The van der Waals surface area contributed by atoms with Gasteiger partial charge in [-0.15, -0.1) is 0 Å². The van der Waals surface area contributed by atoms with Crippen LogP contribution in [0.3, 0.4) is 0 Å². The molecule has 2 nitrogen and oxygen atoms in total. The normalized spacial score (nSPS) is 10.4. The van der Waals surface area contributed by atoms with Crippen LogP contribution < -0.4 is 4.90 Å². The zero-order valence-corrected chi connectivity index (χ0v) is 11.1. The van der Waals surface area contributed by atoms with Crippen molar-refractivity contribution in [2.24, 2.45) is 0 Å². The molecule has 0 radical (unpaired) electrons. The number of aromatic nitrogens is 1. The molecule has 0 amide bonds. The first-order valence-electron chi connectivity index (χ1n) is 5.17.